The molecule has 112 valence electrons. The number of carbonyl (C=O) groups is 1. The van der Waals surface area contributed by atoms with Crippen LogP contribution in [-0.4, -0.2) is 16.6 Å². The van der Waals surface area contributed by atoms with Gasteiger partial charge in [0.1, 0.15) is 5.60 Å². The van der Waals surface area contributed by atoms with Crippen molar-refractivity contribution in [1.29, 1.82) is 0 Å². The van der Waals surface area contributed by atoms with E-state index in [1.165, 1.54) is 0 Å². The fourth-order valence-electron chi connectivity index (χ4n) is 1.71. The molecule has 0 aliphatic heterocycles. The number of rotatable bonds is 2. The highest BCUT2D eigenvalue weighted by molar-refractivity contribution is 6.33. The van der Waals surface area contributed by atoms with Gasteiger partial charge in [-0.25, -0.2) is 4.79 Å². The second kappa shape index (κ2) is 6.92. The summed E-state index contributed by atoms with van der Waals surface area (Å²) >= 11 is 6.09. The summed E-state index contributed by atoms with van der Waals surface area (Å²) in [7, 11) is 0. The molecular weight excluding hydrogens is 309 g/mol. The van der Waals surface area contributed by atoms with Crippen LogP contribution >= 0.6 is 24.0 Å². The van der Waals surface area contributed by atoms with E-state index in [1.54, 1.807) is 18.3 Å². The standard InChI is InChI=1S/C16H16ClNO2.ClH/c1-16(2,3)20-15(19)12-10-11(7-8-13(12)17)14-6-4-5-9-18-14;/h4-10H,1-3H3;1H. The molecule has 1 aromatic heterocycles. The van der Waals surface area contributed by atoms with Crippen LogP contribution in [0.5, 0.6) is 0 Å². The van der Waals surface area contributed by atoms with Crippen molar-refractivity contribution in [2.45, 2.75) is 26.4 Å². The lowest BCUT2D eigenvalue weighted by molar-refractivity contribution is 0.00698. The minimum Gasteiger partial charge on any atom is -0.456 e. The predicted octanol–water partition coefficient (Wildman–Crippen LogP) is 4.78. The first-order chi connectivity index (χ1) is 9.37. The number of hydrogen-bond donors (Lipinski definition) is 0. The fraction of sp³-hybridized carbons (Fsp3) is 0.250. The SMILES string of the molecule is CC(C)(C)OC(=O)c1cc(-c2ccccn2)ccc1Cl.Cl. The zero-order valence-electron chi connectivity index (χ0n) is 12.1. The molecule has 0 amide bonds. The van der Waals surface area contributed by atoms with Gasteiger partial charge in [-0.05, 0) is 45.0 Å². The zero-order chi connectivity index (χ0) is 14.8. The Labute approximate surface area is 135 Å². The Bertz CT molecular complexity index is 622. The second-order valence-electron chi connectivity index (χ2n) is 5.41. The number of halogens is 2. The summed E-state index contributed by atoms with van der Waals surface area (Å²) < 4.78 is 5.35. The van der Waals surface area contributed by atoms with Gasteiger partial charge in [0, 0.05) is 11.8 Å². The van der Waals surface area contributed by atoms with E-state index >= 15 is 0 Å². The van der Waals surface area contributed by atoms with Crippen molar-refractivity contribution < 1.29 is 9.53 Å². The molecule has 0 fully saturated rings. The minimum absolute atomic E-state index is 0. The number of aromatic nitrogens is 1. The molecule has 0 atom stereocenters. The number of pyridine rings is 1. The molecule has 1 heterocycles. The van der Waals surface area contributed by atoms with Gasteiger partial charge in [-0.2, -0.15) is 0 Å². The van der Waals surface area contributed by atoms with E-state index in [2.05, 4.69) is 4.98 Å². The molecule has 1 aromatic carbocycles. The molecule has 0 unspecified atom stereocenters. The van der Waals surface area contributed by atoms with Crippen LogP contribution in [0, 0.1) is 0 Å². The highest BCUT2D eigenvalue weighted by Gasteiger charge is 2.20. The molecule has 0 N–H and O–H groups in total. The molecule has 0 saturated heterocycles. The Morgan fingerprint density at radius 2 is 1.90 bits per heavy atom. The topological polar surface area (TPSA) is 39.2 Å². The molecule has 2 rings (SSSR count). The van der Waals surface area contributed by atoms with E-state index in [1.807, 2.05) is 45.0 Å². The van der Waals surface area contributed by atoms with Crippen LogP contribution < -0.4 is 0 Å². The first kappa shape index (κ1) is 17.5. The van der Waals surface area contributed by atoms with Crippen molar-refractivity contribution >= 4 is 30.0 Å². The number of ether oxygens (including phenoxy) is 1. The van der Waals surface area contributed by atoms with Crippen LogP contribution in [0.3, 0.4) is 0 Å². The van der Waals surface area contributed by atoms with E-state index in [0.29, 0.717) is 10.6 Å². The highest BCUT2D eigenvalue weighted by atomic mass is 35.5. The van der Waals surface area contributed by atoms with Crippen molar-refractivity contribution in [2.75, 3.05) is 0 Å². The summed E-state index contributed by atoms with van der Waals surface area (Å²) in [6, 6.07) is 10.8. The lowest BCUT2D eigenvalue weighted by Crippen LogP contribution is -2.24. The van der Waals surface area contributed by atoms with Gasteiger partial charge in [-0.1, -0.05) is 23.7 Å². The Morgan fingerprint density at radius 3 is 2.48 bits per heavy atom. The molecule has 0 aliphatic rings. The third kappa shape index (κ3) is 4.73. The molecule has 0 aliphatic carbocycles. The number of carbonyl (C=O) groups excluding carboxylic acids is 1. The molecule has 3 nitrogen and oxygen atoms in total. The van der Waals surface area contributed by atoms with Crippen molar-refractivity contribution in [3.8, 4) is 11.3 Å². The summed E-state index contributed by atoms with van der Waals surface area (Å²) in [5, 5.41) is 0.374. The highest BCUT2D eigenvalue weighted by Crippen LogP contribution is 2.25. The Balaban J connectivity index is 0.00000220. The third-order valence-corrected chi connectivity index (χ3v) is 2.88. The second-order valence-corrected chi connectivity index (χ2v) is 5.82. The third-order valence-electron chi connectivity index (χ3n) is 2.55. The van der Waals surface area contributed by atoms with Crippen LogP contribution in [0.1, 0.15) is 31.1 Å². The average molecular weight is 326 g/mol. The van der Waals surface area contributed by atoms with Crippen molar-refractivity contribution in [3.63, 3.8) is 0 Å². The summed E-state index contributed by atoms with van der Waals surface area (Å²) in [6.07, 6.45) is 1.71. The quantitative estimate of drug-likeness (QED) is 0.746. The molecule has 0 spiro atoms. The molecule has 0 bridgehead atoms. The van der Waals surface area contributed by atoms with Gasteiger partial charge in [-0.15, -0.1) is 12.4 Å². The lowest BCUT2D eigenvalue weighted by atomic mass is 10.1. The van der Waals surface area contributed by atoms with Crippen molar-refractivity contribution in [3.05, 3.63) is 53.2 Å². The van der Waals surface area contributed by atoms with Crippen molar-refractivity contribution in [1.82, 2.24) is 4.98 Å². The number of benzene rings is 1. The molecular formula is C16H17Cl2NO2. The molecule has 5 heteroatoms. The van der Waals surface area contributed by atoms with Gasteiger partial charge in [0.15, 0.2) is 0 Å². The van der Waals surface area contributed by atoms with Crippen LogP contribution in [0.15, 0.2) is 42.6 Å². The zero-order valence-corrected chi connectivity index (χ0v) is 13.7. The maximum atomic E-state index is 12.1. The van der Waals surface area contributed by atoms with Gasteiger partial charge < -0.3 is 4.74 Å². The summed E-state index contributed by atoms with van der Waals surface area (Å²) in [5.41, 5.74) is 1.41. The Morgan fingerprint density at radius 1 is 1.19 bits per heavy atom. The molecule has 0 saturated carbocycles. The van der Waals surface area contributed by atoms with E-state index < -0.39 is 11.6 Å². The van der Waals surface area contributed by atoms with E-state index in [-0.39, 0.29) is 12.4 Å². The van der Waals surface area contributed by atoms with Crippen molar-refractivity contribution in [2.24, 2.45) is 0 Å². The smallest absolute Gasteiger partial charge is 0.340 e. The van der Waals surface area contributed by atoms with Gasteiger partial charge in [-0.3, -0.25) is 4.98 Å². The monoisotopic (exact) mass is 325 g/mol. The summed E-state index contributed by atoms with van der Waals surface area (Å²) in [4.78, 5) is 16.4. The first-order valence-electron chi connectivity index (χ1n) is 6.31. The van der Waals surface area contributed by atoms with Gasteiger partial charge in [0.25, 0.3) is 0 Å². The lowest BCUT2D eigenvalue weighted by Gasteiger charge is -2.20. The number of nitrogens with zero attached hydrogens (tertiary/aromatic N) is 1. The Hall–Kier alpha value is -1.58. The van der Waals surface area contributed by atoms with Gasteiger partial charge in [0.05, 0.1) is 16.3 Å². The average Bonchev–Trinajstić information content (AvgIpc) is 2.38. The normalized spacial score (nSPS) is 10.7. The maximum Gasteiger partial charge on any atom is 0.340 e. The van der Waals surface area contributed by atoms with E-state index in [0.717, 1.165) is 11.3 Å². The van der Waals surface area contributed by atoms with E-state index in [4.69, 9.17) is 16.3 Å². The summed E-state index contributed by atoms with van der Waals surface area (Å²) in [5.74, 6) is -0.430. The van der Waals surface area contributed by atoms with E-state index in [9.17, 15) is 4.79 Å². The van der Waals surface area contributed by atoms with Crippen LogP contribution in [0.4, 0.5) is 0 Å². The molecule has 0 radical (unpaired) electrons. The van der Waals surface area contributed by atoms with Crippen LogP contribution in [-0.2, 0) is 4.74 Å². The largest absolute Gasteiger partial charge is 0.456 e. The number of hydrogen-bond acceptors (Lipinski definition) is 3. The Kier molecular flexibility index (Phi) is 5.76. The summed E-state index contributed by atoms with van der Waals surface area (Å²) in [6.45, 7) is 5.46. The molecule has 21 heavy (non-hydrogen) atoms. The predicted molar refractivity (Wildman–Crippen MR) is 87.1 cm³/mol. The van der Waals surface area contributed by atoms with Gasteiger partial charge >= 0.3 is 5.97 Å². The van der Waals surface area contributed by atoms with Gasteiger partial charge in [0.2, 0.25) is 0 Å². The maximum absolute atomic E-state index is 12.1. The van der Waals surface area contributed by atoms with Crippen LogP contribution in [0.2, 0.25) is 5.02 Å². The van der Waals surface area contributed by atoms with Crippen LogP contribution in [0.25, 0.3) is 11.3 Å². The fourth-order valence-corrected chi connectivity index (χ4v) is 1.90. The molecule has 2 aromatic rings. The minimum atomic E-state index is -0.554. The number of esters is 1. The first-order valence-corrected chi connectivity index (χ1v) is 6.69.